The van der Waals surface area contributed by atoms with Gasteiger partial charge in [0.15, 0.2) is 0 Å². The number of carbonyl (C=O) groups is 2. The molecule has 0 radical (unpaired) electrons. The molecule has 0 aliphatic carbocycles. The van der Waals surface area contributed by atoms with Gasteiger partial charge in [0.25, 0.3) is 11.8 Å². The van der Waals surface area contributed by atoms with E-state index in [0.717, 1.165) is 25.0 Å². The van der Waals surface area contributed by atoms with Crippen LogP contribution in [0.3, 0.4) is 0 Å². The number of benzene rings is 2. The summed E-state index contributed by atoms with van der Waals surface area (Å²) in [5.41, 5.74) is 1.67. The number of alkyl halides is 3. The van der Waals surface area contributed by atoms with Crippen LogP contribution in [0.4, 0.5) is 24.5 Å². The molecule has 0 bridgehead atoms. The largest absolute Gasteiger partial charge is 0.573 e. The Morgan fingerprint density at radius 2 is 2.00 bits per heavy atom. The molecule has 1 fully saturated rings. The summed E-state index contributed by atoms with van der Waals surface area (Å²) in [5, 5.41) is 2.56. The van der Waals surface area contributed by atoms with Crippen LogP contribution in [-0.4, -0.2) is 42.8 Å². The van der Waals surface area contributed by atoms with Crippen molar-refractivity contribution in [2.75, 3.05) is 23.8 Å². The highest BCUT2D eigenvalue weighted by molar-refractivity contribution is 6.08. The van der Waals surface area contributed by atoms with Gasteiger partial charge in [-0.1, -0.05) is 6.07 Å². The number of amides is 2. The average molecular weight is 405 g/mol. The van der Waals surface area contributed by atoms with Gasteiger partial charge in [-0.05, 0) is 43.2 Å². The lowest BCUT2D eigenvalue weighted by atomic mass is 10.0. The fourth-order valence-electron chi connectivity index (χ4n) is 3.82. The van der Waals surface area contributed by atoms with Gasteiger partial charge in [-0.15, -0.1) is 13.2 Å². The minimum Gasteiger partial charge on any atom is -0.406 e. The Bertz CT molecular complexity index is 977. The van der Waals surface area contributed by atoms with E-state index in [9.17, 15) is 22.8 Å². The van der Waals surface area contributed by atoms with E-state index < -0.39 is 18.0 Å². The minimum atomic E-state index is -4.81. The van der Waals surface area contributed by atoms with Gasteiger partial charge in [0, 0.05) is 30.9 Å². The van der Waals surface area contributed by atoms with E-state index in [2.05, 4.69) is 10.1 Å². The molecular formula is C20H18F3N3O3. The maximum absolute atomic E-state index is 12.7. The highest BCUT2D eigenvalue weighted by Crippen LogP contribution is 2.35. The number of rotatable bonds is 3. The van der Waals surface area contributed by atoms with E-state index in [4.69, 9.17) is 0 Å². The molecule has 0 saturated carbocycles. The van der Waals surface area contributed by atoms with Crippen molar-refractivity contribution in [1.82, 2.24) is 4.90 Å². The molecule has 2 aliphatic rings. The third-order valence-electron chi connectivity index (χ3n) is 5.12. The number of halogens is 3. The van der Waals surface area contributed by atoms with Gasteiger partial charge in [-0.2, -0.15) is 0 Å². The number of hydrogen-bond acceptors (Lipinski definition) is 4. The summed E-state index contributed by atoms with van der Waals surface area (Å²) >= 11 is 0. The van der Waals surface area contributed by atoms with Crippen molar-refractivity contribution in [3.05, 3.63) is 53.6 Å². The lowest BCUT2D eigenvalue weighted by molar-refractivity contribution is -0.274. The Morgan fingerprint density at radius 3 is 2.76 bits per heavy atom. The third kappa shape index (κ3) is 3.72. The molecule has 4 rings (SSSR count). The zero-order valence-corrected chi connectivity index (χ0v) is 15.5. The normalized spacial score (nSPS) is 18.3. The Morgan fingerprint density at radius 1 is 1.21 bits per heavy atom. The summed E-state index contributed by atoms with van der Waals surface area (Å²) in [6, 6.07) is 9.84. The van der Waals surface area contributed by atoms with Gasteiger partial charge in [-0.25, -0.2) is 0 Å². The van der Waals surface area contributed by atoms with Crippen LogP contribution in [0.25, 0.3) is 0 Å². The van der Waals surface area contributed by atoms with Crippen LogP contribution in [0.2, 0.25) is 0 Å². The van der Waals surface area contributed by atoms with Gasteiger partial charge in [0.1, 0.15) is 11.9 Å². The average Bonchev–Trinajstić information content (AvgIpc) is 3.15. The van der Waals surface area contributed by atoms with Crippen LogP contribution in [-0.2, 0) is 0 Å². The van der Waals surface area contributed by atoms with Crippen molar-refractivity contribution < 1.29 is 27.5 Å². The third-order valence-corrected chi connectivity index (χ3v) is 5.12. The van der Waals surface area contributed by atoms with E-state index >= 15 is 0 Å². The first kappa shape index (κ1) is 19.1. The summed E-state index contributed by atoms with van der Waals surface area (Å²) in [6.07, 6.45) is -3.04. The number of fused-ring (bicyclic) bond motifs is 2. The van der Waals surface area contributed by atoms with E-state index in [1.165, 1.54) is 18.2 Å². The molecule has 2 heterocycles. The highest BCUT2D eigenvalue weighted by atomic mass is 19.4. The van der Waals surface area contributed by atoms with Gasteiger partial charge in [0.05, 0.1) is 11.3 Å². The number of hydrogen-bond donors (Lipinski definition) is 1. The summed E-state index contributed by atoms with van der Waals surface area (Å²) in [7, 11) is 1.88. The first-order valence-corrected chi connectivity index (χ1v) is 9.08. The zero-order chi connectivity index (χ0) is 20.8. The van der Waals surface area contributed by atoms with Crippen molar-refractivity contribution in [2.24, 2.45) is 0 Å². The summed E-state index contributed by atoms with van der Waals surface area (Å²) in [6.45, 7) is 0.714. The number of nitrogens with one attached hydrogen (secondary N) is 1. The molecule has 1 atom stereocenters. The number of anilines is 2. The molecule has 29 heavy (non-hydrogen) atoms. The van der Waals surface area contributed by atoms with Gasteiger partial charge >= 0.3 is 6.36 Å². The lowest BCUT2D eigenvalue weighted by Crippen LogP contribution is -2.50. The van der Waals surface area contributed by atoms with Crippen LogP contribution in [0.1, 0.15) is 33.6 Å². The molecule has 0 spiro atoms. The van der Waals surface area contributed by atoms with Crippen molar-refractivity contribution in [2.45, 2.75) is 25.4 Å². The predicted octanol–water partition coefficient (Wildman–Crippen LogP) is 3.85. The number of ether oxygens (including phenoxy) is 1. The first-order valence-electron chi connectivity index (χ1n) is 9.08. The molecule has 2 aromatic rings. The quantitative estimate of drug-likeness (QED) is 0.843. The SMILES string of the molecule is CN1c2cc(C(=O)Nc3cccc(OC(F)(F)F)c3)ccc2C(=O)N2CCC[C@@H]21. The second-order valence-electron chi connectivity index (χ2n) is 6.99. The van der Waals surface area contributed by atoms with Crippen LogP contribution < -0.4 is 15.0 Å². The Kier molecular flexibility index (Phi) is 4.60. The lowest BCUT2D eigenvalue weighted by Gasteiger charge is -2.40. The standard InChI is InChI=1S/C20H18F3N3O3/c1-25-16-10-12(7-8-15(16)19(28)26-9-3-6-17(25)26)18(27)24-13-4-2-5-14(11-13)29-20(21,22)23/h2,4-5,7-8,10-11,17H,3,6,9H2,1H3,(H,24,27)/t17-/m1/s1. The second kappa shape index (κ2) is 6.98. The summed E-state index contributed by atoms with van der Waals surface area (Å²) in [4.78, 5) is 29.1. The van der Waals surface area contributed by atoms with Gasteiger partial charge in [0.2, 0.25) is 0 Å². The number of nitrogens with zero attached hydrogens (tertiary/aromatic N) is 2. The monoisotopic (exact) mass is 405 g/mol. The van der Waals surface area contributed by atoms with Crippen molar-refractivity contribution in [1.29, 1.82) is 0 Å². The fraction of sp³-hybridized carbons (Fsp3) is 0.300. The van der Waals surface area contributed by atoms with Crippen LogP contribution in [0, 0.1) is 0 Å². The molecule has 0 aromatic heterocycles. The molecule has 1 saturated heterocycles. The fourth-order valence-corrected chi connectivity index (χ4v) is 3.82. The van der Waals surface area contributed by atoms with Crippen molar-refractivity contribution in [3.63, 3.8) is 0 Å². The van der Waals surface area contributed by atoms with Crippen LogP contribution in [0.15, 0.2) is 42.5 Å². The minimum absolute atomic E-state index is 0.0236. The summed E-state index contributed by atoms with van der Waals surface area (Å²) < 4.78 is 41.0. The first-order chi connectivity index (χ1) is 13.7. The van der Waals surface area contributed by atoms with Crippen molar-refractivity contribution >= 4 is 23.2 Å². The number of carbonyl (C=O) groups excluding carboxylic acids is 2. The molecule has 1 N–H and O–H groups in total. The molecule has 6 nitrogen and oxygen atoms in total. The van der Waals surface area contributed by atoms with Gasteiger partial charge in [-0.3, -0.25) is 9.59 Å². The smallest absolute Gasteiger partial charge is 0.406 e. The second-order valence-corrected chi connectivity index (χ2v) is 6.99. The van der Waals surface area contributed by atoms with Crippen LogP contribution >= 0.6 is 0 Å². The summed E-state index contributed by atoms with van der Waals surface area (Å²) in [5.74, 6) is -0.969. The molecule has 2 amide bonds. The van der Waals surface area contributed by atoms with E-state index in [-0.39, 0.29) is 17.8 Å². The molecule has 152 valence electrons. The van der Waals surface area contributed by atoms with E-state index in [1.54, 1.807) is 12.1 Å². The molecule has 2 aliphatic heterocycles. The zero-order valence-electron chi connectivity index (χ0n) is 15.5. The van der Waals surface area contributed by atoms with Crippen LogP contribution in [0.5, 0.6) is 5.75 Å². The van der Waals surface area contributed by atoms with Crippen molar-refractivity contribution in [3.8, 4) is 5.75 Å². The topological polar surface area (TPSA) is 61.9 Å². The maximum Gasteiger partial charge on any atom is 0.573 e. The van der Waals surface area contributed by atoms with E-state index in [0.29, 0.717) is 23.4 Å². The Labute approximate surface area is 164 Å². The van der Waals surface area contributed by atoms with E-state index in [1.807, 2.05) is 16.8 Å². The molecule has 0 unspecified atom stereocenters. The Hall–Kier alpha value is -3.23. The Balaban J connectivity index is 1.56. The predicted molar refractivity (Wildman–Crippen MR) is 100.0 cm³/mol. The maximum atomic E-state index is 12.7. The molecular weight excluding hydrogens is 387 g/mol. The molecule has 9 heteroatoms. The van der Waals surface area contributed by atoms with Gasteiger partial charge < -0.3 is 19.9 Å². The molecule has 2 aromatic carbocycles. The highest BCUT2D eigenvalue weighted by Gasteiger charge is 2.38.